The molecule has 1 heterocycles. The van der Waals surface area contributed by atoms with E-state index in [1.807, 2.05) is 20.2 Å². The first-order valence-corrected chi connectivity index (χ1v) is 7.59. The Morgan fingerprint density at radius 3 is 2.71 bits per heavy atom. The van der Waals surface area contributed by atoms with Crippen LogP contribution in [0.15, 0.2) is 22.8 Å². The summed E-state index contributed by atoms with van der Waals surface area (Å²) in [6, 6.07) is 2.47. The minimum atomic E-state index is -0.544. The summed E-state index contributed by atoms with van der Waals surface area (Å²) in [5, 5.41) is 7.51. The Bertz CT molecular complexity index is 640. The molecule has 0 radical (unpaired) electrons. The van der Waals surface area contributed by atoms with E-state index in [-0.39, 0.29) is 22.5 Å². The maximum Gasteiger partial charge on any atom is 0.143 e. The summed E-state index contributed by atoms with van der Waals surface area (Å²) in [7, 11) is 3.63. The summed E-state index contributed by atoms with van der Waals surface area (Å²) in [4.78, 5) is 0. The van der Waals surface area contributed by atoms with Gasteiger partial charge in [0.15, 0.2) is 0 Å². The second-order valence-corrected chi connectivity index (χ2v) is 5.78. The van der Waals surface area contributed by atoms with E-state index in [2.05, 4.69) is 26.3 Å². The second kappa shape index (κ2) is 6.66. The number of rotatable bonds is 5. The van der Waals surface area contributed by atoms with Gasteiger partial charge in [0, 0.05) is 30.4 Å². The van der Waals surface area contributed by atoms with E-state index in [9.17, 15) is 8.78 Å². The molecule has 0 fully saturated rings. The zero-order chi connectivity index (χ0) is 15.6. The van der Waals surface area contributed by atoms with Crippen molar-refractivity contribution in [3.63, 3.8) is 0 Å². The van der Waals surface area contributed by atoms with Crippen molar-refractivity contribution >= 4 is 15.9 Å². The van der Waals surface area contributed by atoms with Crippen LogP contribution in [0, 0.1) is 11.6 Å². The summed E-state index contributed by atoms with van der Waals surface area (Å²) in [5.74, 6) is -1.07. The molecule has 0 bridgehead atoms. The van der Waals surface area contributed by atoms with Gasteiger partial charge in [0.25, 0.3) is 0 Å². The molecule has 2 aromatic rings. The molecular weight excluding hydrogens is 340 g/mol. The van der Waals surface area contributed by atoms with Crippen molar-refractivity contribution in [2.45, 2.75) is 25.8 Å². The molecule has 114 valence electrons. The lowest BCUT2D eigenvalue weighted by atomic mass is 9.98. The molecule has 21 heavy (non-hydrogen) atoms. The van der Waals surface area contributed by atoms with E-state index in [1.54, 1.807) is 11.7 Å². The van der Waals surface area contributed by atoms with E-state index < -0.39 is 11.6 Å². The Morgan fingerprint density at radius 2 is 2.10 bits per heavy atom. The van der Waals surface area contributed by atoms with E-state index in [0.717, 1.165) is 17.7 Å². The molecule has 0 aliphatic rings. The number of nitrogens with zero attached hydrogens (tertiary/aromatic N) is 2. The molecule has 3 nitrogen and oxygen atoms in total. The van der Waals surface area contributed by atoms with Crippen molar-refractivity contribution in [2.75, 3.05) is 7.05 Å². The largest absolute Gasteiger partial charge is 0.313 e. The van der Waals surface area contributed by atoms with Gasteiger partial charge in [0.2, 0.25) is 0 Å². The molecule has 0 aliphatic carbocycles. The van der Waals surface area contributed by atoms with Gasteiger partial charge in [-0.1, -0.05) is 6.92 Å². The highest BCUT2D eigenvalue weighted by Crippen LogP contribution is 2.27. The number of likely N-dealkylation sites (N-methyl/N-ethyl adjacent to an activating group) is 1. The van der Waals surface area contributed by atoms with E-state index >= 15 is 0 Å². The number of aromatic nitrogens is 2. The first-order valence-electron chi connectivity index (χ1n) is 6.80. The third-order valence-corrected chi connectivity index (χ3v) is 4.16. The normalized spacial score (nSPS) is 12.7. The molecule has 1 aromatic carbocycles. The highest BCUT2D eigenvalue weighted by molar-refractivity contribution is 9.10. The Morgan fingerprint density at radius 1 is 1.38 bits per heavy atom. The van der Waals surface area contributed by atoms with Gasteiger partial charge in [-0.05, 0) is 48.0 Å². The van der Waals surface area contributed by atoms with Crippen LogP contribution in [-0.2, 0) is 19.9 Å². The summed E-state index contributed by atoms with van der Waals surface area (Å²) in [5.41, 5.74) is 1.99. The highest BCUT2D eigenvalue weighted by Gasteiger charge is 2.21. The van der Waals surface area contributed by atoms with E-state index in [4.69, 9.17) is 0 Å². The Labute approximate surface area is 131 Å². The number of hydrogen-bond acceptors (Lipinski definition) is 2. The average Bonchev–Trinajstić information content (AvgIpc) is 2.84. The summed E-state index contributed by atoms with van der Waals surface area (Å²) in [6.45, 7) is 2.01. The van der Waals surface area contributed by atoms with Gasteiger partial charge < -0.3 is 5.32 Å². The van der Waals surface area contributed by atoms with Gasteiger partial charge in [-0.25, -0.2) is 8.78 Å². The average molecular weight is 358 g/mol. The molecule has 1 atom stereocenters. The van der Waals surface area contributed by atoms with Crippen molar-refractivity contribution in [2.24, 2.45) is 7.05 Å². The SMILES string of the molecule is CCc1nn(C)cc1C(Cc1c(F)ccc(Br)c1F)NC. The topological polar surface area (TPSA) is 29.9 Å². The maximum atomic E-state index is 14.1. The zero-order valence-corrected chi connectivity index (χ0v) is 13.8. The van der Waals surface area contributed by atoms with Crippen LogP contribution in [0.4, 0.5) is 8.78 Å². The van der Waals surface area contributed by atoms with Crippen molar-refractivity contribution in [3.8, 4) is 0 Å². The lowest BCUT2D eigenvalue weighted by molar-refractivity contribution is 0.511. The van der Waals surface area contributed by atoms with Crippen molar-refractivity contribution in [1.29, 1.82) is 0 Å². The fourth-order valence-corrected chi connectivity index (χ4v) is 2.82. The molecule has 1 aromatic heterocycles. The molecule has 0 saturated carbocycles. The monoisotopic (exact) mass is 357 g/mol. The molecule has 1 N–H and O–H groups in total. The van der Waals surface area contributed by atoms with Gasteiger partial charge >= 0.3 is 0 Å². The number of benzene rings is 1. The summed E-state index contributed by atoms with van der Waals surface area (Å²) in [6.07, 6.45) is 2.90. The molecule has 0 amide bonds. The third-order valence-electron chi connectivity index (χ3n) is 3.54. The predicted octanol–water partition coefficient (Wildman–Crippen LogP) is 3.53. The van der Waals surface area contributed by atoms with Crippen molar-refractivity contribution < 1.29 is 8.78 Å². The van der Waals surface area contributed by atoms with Gasteiger partial charge in [0.1, 0.15) is 11.6 Å². The quantitative estimate of drug-likeness (QED) is 0.829. The van der Waals surface area contributed by atoms with Gasteiger partial charge in [0.05, 0.1) is 10.2 Å². The van der Waals surface area contributed by atoms with Crippen LogP contribution >= 0.6 is 15.9 Å². The van der Waals surface area contributed by atoms with Crippen LogP contribution in [0.1, 0.15) is 29.8 Å². The fourth-order valence-electron chi connectivity index (χ4n) is 2.45. The van der Waals surface area contributed by atoms with Gasteiger partial charge in [-0.3, -0.25) is 4.68 Å². The second-order valence-electron chi connectivity index (χ2n) is 4.93. The fraction of sp³-hybridized carbons (Fsp3) is 0.400. The predicted molar refractivity (Wildman–Crippen MR) is 82.1 cm³/mol. The lowest BCUT2D eigenvalue weighted by Crippen LogP contribution is -2.21. The minimum absolute atomic E-state index is 0.0784. The standard InChI is InChI=1S/C15H18BrF2N3/c1-4-13-10(8-21(3)20-13)14(19-2)7-9-12(17)6-5-11(16)15(9)18/h5-6,8,14,19H,4,7H2,1-3H3. The highest BCUT2D eigenvalue weighted by atomic mass is 79.9. The number of nitrogens with one attached hydrogen (secondary N) is 1. The van der Waals surface area contributed by atoms with Crippen molar-refractivity contribution in [1.82, 2.24) is 15.1 Å². The van der Waals surface area contributed by atoms with Crippen LogP contribution < -0.4 is 5.32 Å². The van der Waals surface area contributed by atoms with E-state index in [1.165, 1.54) is 12.1 Å². The summed E-state index contributed by atoms with van der Waals surface area (Å²) >= 11 is 3.10. The number of halogens is 3. The number of hydrogen-bond donors (Lipinski definition) is 1. The van der Waals surface area contributed by atoms with Crippen LogP contribution in [0.2, 0.25) is 0 Å². The Balaban J connectivity index is 2.38. The Hall–Kier alpha value is -1.27. The van der Waals surface area contributed by atoms with Crippen LogP contribution in [0.5, 0.6) is 0 Å². The van der Waals surface area contributed by atoms with Gasteiger partial charge in [-0.15, -0.1) is 0 Å². The summed E-state index contributed by atoms with van der Waals surface area (Å²) < 4.78 is 30.1. The minimum Gasteiger partial charge on any atom is -0.313 e. The maximum absolute atomic E-state index is 14.1. The first kappa shape index (κ1) is 16.1. The van der Waals surface area contributed by atoms with Crippen LogP contribution in [-0.4, -0.2) is 16.8 Å². The lowest BCUT2D eigenvalue weighted by Gasteiger charge is -2.17. The third kappa shape index (κ3) is 3.32. The Kier molecular flexibility index (Phi) is 5.11. The van der Waals surface area contributed by atoms with Gasteiger partial charge in [-0.2, -0.15) is 5.10 Å². The molecule has 6 heteroatoms. The molecule has 0 saturated heterocycles. The first-order chi connectivity index (χ1) is 9.97. The molecule has 1 unspecified atom stereocenters. The smallest absolute Gasteiger partial charge is 0.143 e. The molecule has 0 spiro atoms. The van der Waals surface area contributed by atoms with Crippen LogP contribution in [0.25, 0.3) is 0 Å². The van der Waals surface area contributed by atoms with Crippen LogP contribution in [0.3, 0.4) is 0 Å². The van der Waals surface area contributed by atoms with E-state index in [0.29, 0.717) is 0 Å². The molecule has 2 rings (SSSR count). The van der Waals surface area contributed by atoms with Crippen molar-refractivity contribution in [3.05, 3.63) is 51.3 Å². The molecular formula is C15H18BrF2N3. The number of aryl methyl sites for hydroxylation is 2. The zero-order valence-electron chi connectivity index (χ0n) is 12.3. The molecule has 0 aliphatic heterocycles.